The summed E-state index contributed by atoms with van der Waals surface area (Å²) in [5, 5.41) is 0. The predicted octanol–water partition coefficient (Wildman–Crippen LogP) is 3.44. The van der Waals surface area contributed by atoms with Crippen LogP contribution in [0, 0.1) is 0 Å². The third-order valence-corrected chi connectivity index (χ3v) is 6.55. The first-order chi connectivity index (χ1) is 11.3. The predicted molar refractivity (Wildman–Crippen MR) is 101 cm³/mol. The summed E-state index contributed by atoms with van der Waals surface area (Å²) in [7, 11) is 3.52. The molecule has 0 aromatic carbocycles. The van der Waals surface area contributed by atoms with Crippen LogP contribution in [0.2, 0.25) is 0 Å². The molecule has 0 spiro atoms. The molecule has 1 fully saturated rings. The molecule has 1 aromatic rings. The van der Waals surface area contributed by atoms with Crippen molar-refractivity contribution in [1.29, 1.82) is 0 Å². The lowest BCUT2D eigenvalue weighted by molar-refractivity contribution is -0.0348. The Kier molecular flexibility index (Phi) is 7.03. The molecule has 24 heavy (non-hydrogen) atoms. The van der Waals surface area contributed by atoms with Crippen LogP contribution in [0.4, 0.5) is 5.82 Å². The average Bonchev–Trinajstić information content (AvgIpc) is 2.86. The molecule has 0 aliphatic carbocycles. The maximum absolute atomic E-state index is 12.0. The van der Waals surface area contributed by atoms with Crippen LogP contribution in [0.25, 0.3) is 0 Å². The van der Waals surface area contributed by atoms with E-state index in [-0.39, 0.29) is 34.7 Å². The summed E-state index contributed by atoms with van der Waals surface area (Å²) >= 11 is 0. The van der Waals surface area contributed by atoms with E-state index in [1.54, 1.807) is 33.9 Å². The van der Waals surface area contributed by atoms with E-state index in [2.05, 4.69) is 32.7 Å². The van der Waals surface area contributed by atoms with Gasteiger partial charge in [-0.05, 0) is 12.5 Å². The number of hydrogen-bond donors (Lipinski definition) is 1. The highest BCUT2D eigenvalue weighted by molar-refractivity contribution is 8.77. The molecule has 2 rings (SSSR count). The van der Waals surface area contributed by atoms with E-state index in [9.17, 15) is 4.79 Å². The fourth-order valence-electron chi connectivity index (χ4n) is 2.55. The molecule has 136 valence electrons. The Morgan fingerprint density at radius 1 is 1.50 bits per heavy atom. The normalized spacial score (nSPS) is 24.4. The molecule has 1 aliphatic rings. The van der Waals surface area contributed by atoms with Gasteiger partial charge in [0.15, 0.2) is 0 Å². The van der Waals surface area contributed by atoms with Gasteiger partial charge in [-0.3, -0.25) is 4.57 Å². The molecule has 3 atom stereocenters. The van der Waals surface area contributed by atoms with Gasteiger partial charge in [0.25, 0.3) is 0 Å². The third kappa shape index (κ3) is 5.68. The summed E-state index contributed by atoms with van der Waals surface area (Å²) in [4.78, 5) is 15.8. The van der Waals surface area contributed by atoms with Crippen molar-refractivity contribution in [2.45, 2.75) is 70.1 Å². The molecular weight excluding hydrogens is 346 g/mol. The van der Waals surface area contributed by atoms with Crippen molar-refractivity contribution in [3.8, 4) is 0 Å². The van der Waals surface area contributed by atoms with Crippen molar-refractivity contribution in [2.24, 2.45) is 0 Å². The van der Waals surface area contributed by atoms with Crippen LogP contribution in [-0.2, 0) is 9.47 Å². The molecule has 2 N–H and O–H groups in total. The van der Waals surface area contributed by atoms with E-state index in [4.69, 9.17) is 15.2 Å². The lowest BCUT2D eigenvalue weighted by Gasteiger charge is -2.20. The zero-order valence-corrected chi connectivity index (χ0v) is 16.4. The minimum absolute atomic E-state index is 0.00434. The van der Waals surface area contributed by atoms with Crippen LogP contribution in [0.1, 0.15) is 53.2 Å². The second kappa shape index (κ2) is 8.60. The first-order valence-corrected chi connectivity index (χ1v) is 10.5. The molecule has 8 heteroatoms. The maximum Gasteiger partial charge on any atom is 0.351 e. The van der Waals surface area contributed by atoms with Gasteiger partial charge < -0.3 is 15.2 Å². The molecule has 2 heterocycles. The Labute approximate surface area is 151 Å². The Hall–Kier alpha value is -0.700. The minimum Gasteiger partial charge on any atom is -0.383 e. The summed E-state index contributed by atoms with van der Waals surface area (Å²) < 4.78 is 13.8. The fraction of sp³-hybridized carbons (Fsp3) is 0.750. The van der Waals surface area contributed by atoms with E-state index >= 15 is 0 Å². The second-order valence-electron chi connectivity index (χ2n) is 6.83. The van der Waals surface area contributed by atoms with Gasteiger partial charge in [0.05, 0.1) is 12.2 Å². The second-order valence-corrected chi connectivity index (χ2v) is 9.90. The molecule has 0 saturated carbocycles. The van der Waals surface area contributed by atoms with Crippen molar-refractivity contribution in [3.05, 3.63) is 22.7 Å². The van der Waals surface area contributed by atoms with Gasteiger partial charge in [-0.15, -0.1) is 0 Å². The monoisotopic (exact) mass is 373 g/mol. The van der Waals surface area contributed by atoms with Crippen LogP contribution in [0.15, 0.2) is 17.1 Å². The van der Waals surface area contributed by atoms with Gasteiger partial charge >= 0.3 is 5.69 Å². The highest BCUT2D eigenvalue weighted by atomic mass is 33.1. The number of nitrogen functional groups attached to an aromatic ring is 1. The molecule has 1 aliphatic heterocycles. The van der Waals surface area contributed by atoms with Crippen molar-refractivity contribution in [2.75, 3.05) is 11.7 Å². The van der Waals surface area contributed by atoms with Crippen LogP contribution < -0.4 is 11.4 Å². The van der Waals surface area contributed by atoms with Crippen molar-refractivity contribution in [1.82, 2.24) is 9.55 Å². The summed E-state index contributed by atoms with van der Waals surface area (Å²) in [5.74, 6) is 0.834. The van der Waals surface area contributed by atoms with E-state index in [0.717, 1.165) is 12.8 Å². The third-order valence-electron chi connectivity index (χ3n) is 3.55. The molecule has 0 bridgehead atoms. The number of rotatable bonds is 7. The van der Waals surface area contributed by atoms with Gasteiger partial charge in [0, 0.05) is 17.4 Å². The number of nitrogens with two attached hydrogens (primary N) is 1. The average molecular weight is 374 g/mol. The van der Waals surface area contributed by atoms with Gasteiger partial charge in [0.1, 0.15) is 18.0 Å². The van der Waals surface area contributed by atoms with Gasteiger partial charge in [-0.25, -0.2) is 4.79 Å². The summed E-state index contributed by atoms with van der Waals surface area (Å²) in [6.07, 6.45) is 3.87. The Morgan fingerprint density at radius 2 is 2.25 bits per heavy atom. The standard InChI is InChI=1S/C16H27N3O3S2/c1-5-6-11-12(21-10-23-24-16(2,3)4)9-14(22-11)19-8-7-13(17)18-15(19)20/h7-8,11-12,14H,5-6,9-10H2,1-4H3,(H2,17,18,20)/t11-,12?,14-/m1/s1. The zero-order chi connectivity index (χ0) is 17.7. The van der Waals surface area contributed by atoms with E-state index in [1.165, 1.54) is 4.57 Å². The molecule has 0 radical (unpaired) electrons. The van der Waals surface area contributed by atoms with E-state index in [0.29, 0.717) is 12.4 Å². The molecule has 1 aromatic heterocycles. The quantitative estimate of drug-likeness (QED) is 0.445. The largest absolute Gasteiger partial charge is 0.383 e. The maximum atomic E-state index is 12.0. The topological polar surface area (TPSA) is 79.4 Å². The Bertz CT molecular complexity index is 589. The molecule has 1 saturated heterocycles. The smallest absolute Gasteiger partial charge is 0.351 e. The molecule has 6 nitrogen and oxygen atoms in total. The summed E-state index contributed by atoms with van der Waals surface area (Å²) in [5.41, 5.74) is 5.17. The fourth-order valence-corrected chi connectivity index (χ4v) is 4.55. The van der Waals surface area contributed by atoms with Crippen LogP contribution >= 0.6 is 21.6 Å². The van der Waals surface area contributed by atoms with E-state index < -0.39 is 0 Å². The lowest BCUT2D eigenvalue weighted by atomic mass is 10.1. The molecular formula is C16H27N3O3S2. The van der Waals surface area contributed by atoms with Crippen molar-refractivity contribution in [3.63, 3.8) is 0 Å². The lowest BCUT2D eigenvalue weighted by Crippen LogP contribution is -2.27. The highest BCUT2D eigenvalue weighted by Gasteiger charge is 2.36. The summed E-state index contributed by atoms with van der Waals surface area (Å²) in [6, 6.07) is 1.61. The number of ether oxygens (including phenoxy) is 2. The van der Waals surface area contributed by atoms with Crippen LogP contribution in [-0.4, -0.2) is 32.4 Å². The summed E-state index contributed by atoms with van der Waals surface area (Å²) in [6.45, 7) is 8.66. The van der Waals surface area contributed by atoms with Crippen molar-refractivity contribution >= 4 is 27.4 Å². The first kappa shape index (κ1) is 19.6. The van der Waals surface area contributed by atoms with Gasteiger partial charge in [-0.1, -0.05) is 55.7 Å². The van der Waals surface area contributed by atoms with Gasteiger partial charge in [0.2, 0.25) is 0 Å². The highest BCUT2D eigenvalue weighted by Crippen LogP contribution is 2.37. The molecule has 1 unspecified atom stereocenters. The number of hydrogen-bond acceptors (Lipinski definition) is 7. The van der Waals surface area contributed by atoms with E-state index in [1.807, 2.05) is 0 Å². The van der Waals surface area contributed by atoms with Crippen LogP contribution in [0.3, 0.4) is 0 Å². The van der Waals surface area contributed by atoms with Crippen LogP contribution in [0.5, 0.6) is 0 Å². The minimum atomic E-state index is -0.381. The number of aromatic nitrogens is 2. The SMILES string of the molecule is CCC[C@H]1O[C@@H](n2ccc(N)nc2=O)CC1OCSSC(C)(C)C. The Balaban J connectivity index is 1.96. The van der Waals surface area contributed by atoms with Gasteiger partial charge in [-0.2, -0.15) is 4.98 Å². The first-order valence-electron chi connectivity index (χ1n) is 8.22. The molecule has 0 amide bonds. The van der Waals surface area contributed by atoms with Crippen molar-refractivity contribution < 1.29 is 9.47 Å². The zero-order valence-electron chi connectivity index (χ0n) is 14.7. The number of nitrogens with zero attached hydrogens (tertiary/aromatic N) is 2. The Morgan fingerprint density at radius 3 is 2.88 bits per heavy atom. The number of anilines is 1.